The molecule has 0 saturated carbocycles. The van der Waals surface area contributed by atoms with E-state index in [1.165, 1.54) is 4.47 Å². The number of sulfonamides is 1. The first-order valence-corrected chi connectivity index (χ1v) is 10.5. The maximum absolute atomic E-state index is 13.0. The number of allylic oxidation sites excluding steroid dienone is 1. The molecule has 0 spiro atoms. The zero-order valence-corrected chi connectivity index (χ0v) is 17.0. The number of halogens is 1. The number of hydrogen-bond acceptors (Lipinski definition) is 3. The molecule has 1 atom stereocenters. The van der Waals surface area contributed by atoms with Crippen LogP contribution >= 0.6 is 22.6 Å². The summed E-state index contributed by atoms with van der Waals surface area (Å²) in [6, 6.07) is 6.90. The van der Waals surface area contributed by atoms with E-state index in [9.17, 15) is 8.42 Å². The summed E-state index contributed by atoms with van der Waals surface area (Å²) in [4.78, 5) is 6.13. The smallest absolute Gasteiger partial charge is 0.250 e. The monoisotopic (exact) mass is 449 g/mol. The maximum Gasteiger partial charge on any atom is 0.286 e. The summed E-state index contributed by atoms with van der Waals surface area (Å²) in [6.07, 6.45) is 2.47. The first kappa shape index (κ1) is 18.7. The van der Waals surface area contributed by atoms with E-state index >= 15 is 0 Å². The fourth-order valence-corrected chi connectivity index (χ4v) is 5.28. The fourth-order valence-electron chi connectivity index (χ4n) is 2.44. The van der Waals surface area contributed by atoms with Crippen molar-refractivity contribution in [3.05, 3.63) is 39.1 Å². The van der Waals surface area contributed by atoms with E-state index < -0.39 is 10.0 Å². The minimum absolute atomic E-state index is 0.192. The van der Waals surface area contributed by atoms with Crippen LogP contribution in [0, 0.1) is 12.8 Å². The van der Waals surface area contributed by atoms with Crippen LogP contribution in [-0.4, -0.2) is 19.0 Å². The SMILES string of the molecule is CCCCC1=C(I)C(C(C)C)ON1S(=O)(=O)c1ccc(C)cc1. The van der Waals surface area contributed by atoms with Crippen molar-refractivity contribution in [2.24, 2.45) is 5.92 Å². The first-order valence-electron chi connectivity index (χ1n) is 7.96. The summed E-state index contributed by atoms with van der Waals surface area (Å²) in [5, 5.41) is 0. The molecule has 1 aromatic rings. The van der Waals surface area contributed by atoms with Gasteiger partial charge in [0.2, 0.25) is 0 Å². The van der Waals surface area contributed by atoms with Gasteiger partial charge in [-0.25, -0.2) is 4.84 Å². The number of unbranched alkanes of at least 4 members (excludes halogenated alkanes) is 1. The van der Waals surface area contributed by atoms with Gasteiger partial charge in [-0.15, -0.1) is 4.47 Å². The molecule has 1 aliphatic rings. The maximum atomic E-state index is 13.0. The van der Waals surface area contributed by atoms with Gasteiger partial charge in [-0.2, -0.15) is 8.42 Å². The summed E-state index contributed by atoms with van der Waals surface area (Å²) < 4.78 is 28.2. The number of benzene rings is 1. The number of nitrogens with zero attached hydrogens (tertiary/aromatic N) is 1. The highest BCUT2D eigenvalue weighted by atomic mass is 127. The van der Waals surface area contributed by atoms with Crippen LogP contribution in [0.2, 0.25) is 0 Å². The largest absolute Gasteiger partial charge is 0.286 e. The molecule has 6 heteroatoms. The molecule has 4 nitrogen and oxygen atoms in total. The van der Waals surface area contributed by atoms with Gasteiger partial charge in [-0.3, -0.25) is 0 Å². The topological polar surface area (TPSA) is 46.6 Å². The summed E-state index contributed by atoms with van der Waals surface area (Å²) in [6.45, 7) is 8.13. The van der Waals surface area contributed by atoms with Crippen LogP contribution in [0.5, 0.6) is 0 Å². The van der Waals surface area contributed by atoms with Gasteiger partial charge in [-0.1, -0.05) is 44.9 Å². The molecular weight excluding hydrogens is 425 g/mol. The Bertz CT molecular complexity index is 680. The Labute approximate surface area is 153 Å². The molecule has 0 aliphatic carbocycles. The molecule has 2 rings (SSSR count). The minimum Gasteiger partial charge on any atom is -0.250 e. The summed E-state index contributed by atoms with van der Waals surface area (Å²) >= 11 is 2.24. The van der Waals surface area contributed by atoms with Crippen molar-refractivity contribution in [1.29, 1.82) is 0 Å². The van der Waals surface area contributed by atoms with Gasteiger partial charge >= 0.3 is 0 Å². The minimum atomic E-state index is -3.69. The second-order valence-electron chi connectivity index (χ2n) is 6.21. The summed E-state index contributed by atoms with van der Waals surface area (Å²) in [7, 11) is -3.69. The normalized spacial score (nSPS) is 19.0. The van der Waals surface area contributed by atoms with Crippen LogP contribution < -0.4 is 0 Å². The van der Waals surface area contributed by atoms with Crippen LogP contribution in [0.3, 0.4) is 0 Å². The molecule has 0 bridgehead atoms. The molecule has 1 aromatic carbocycles. The Morgan fingerprint density at radius 1 is 1.26 bits per heavy atom. The van der Waals surface area contributed by atoms with Crippen molar-refractivity contribution < 1.29 is 13.3 Å². The lowest BCUT2D eigenvalue weighted by Crippen LogP contribution is -2.30. The van der Waals surface area contributed by atoms with Crippen molar-refractivity contribution in [2.75, 3.05) is 0 Å². The Balaban J connectivity index is 2.41. The summed E-state index contributed by atoms with van der Waals surface area (Å²) in [5.74, 6) is 0.219. The predicted molar refractivity (Wildman–Crippen MR) is 100 cm³/mol. The fraction of sp³-hybridized carbons (Fsp3) is 0.529. The van der Waals surface area contributed by atoms with E-state index in [0.717, 1.165) is 27.7 Å². The number of rotatable bonds is 6. The highest BCUT2D eigenvalue weighted by Gasteiger charge is 2.40. The second-order valence-corrected chi connectivity index (χ2v) is 9.13. The molecule has 0 N–H and O–H groups in total. The third-order valence-electron chi connectivity index (χ3n) is 3.86. The van der Waals surface area contributed by atoms with Crippen molar-refractivity contribution in [1.82, 2.24) is 4.47 Å². The first-order chi connectivity index (χ1) is 10.8. The molecule has 128 valence electrons. The van der Waals surface area contributed by atoms with Gasteiger partial charge in [-0.05, 0) is 60.4 Å². The van der Waals surface area contributed by atoms with Gasteiger partial charge in [0.25, 0.3) is 10.0 Å². The Morgan fingerprint density at radius 2 is 1.87 bits per heavy atom. The van der Waals surface area contributed by atoms with Crippen molar-refractivity contribution in [3.8, 4) is 0 Å². The van der Waals surface area contributed by atoms with Crippen LogP contribution in [0.4, 0.5) is 0 Å². The standard InChI is InChI=1S/C17H24INO3S/c1-5-6-7-15-16(18)17(12(2)3)22-19(15)23(20,21)14-10-8-13(4)9-11-14/h8-12,17H,5-7H2,1-4H3. The van der Waals surface area contributed by atoms with Crippen molar-refractivity contribution in [3.63, 3.8) is 0 Å². The highest BCUT2D eigenvalue weighted by Crippen LogP contribution is 2.40. The van der Waals surface area contributed by atoms with Crippen LogP contribution in [0.1, 0.15) is 45.6 Å². The Kier molecular flexibility index (Phi) is 6.13. The third kappa shape index (κ3) is 3.91. The van der Waals surface area contributed by atoms with E-state index in [1.54, 1.807) is 12.1 Å². The van der Waals surface area contributed by atoms with Gasteiger partial charge in [0.15, 0.2) is 0 Å². The predicted octanol–water partition coefficient (Wildman–Crippen LogP) is 4.79. The zero-order valence-electron chi connectivity index (χ0n) is 14.0. The average Bonchev–Trinajstić information content (AvgIpc) is 2.83. The van der Waals surface area contributed by atoms with Gasteiger partial charge in [0.05, 0.1) is 10.6 Å². The molecule has 23 heavy (non-hydrogen) atoms. The van der Waals surface area contributed by atoms with Crippen LogP contribution in [0.25, 0.3) is 0 Å². The van der Waals surface area contributed by atoms with E-state index in [0.29, 0.717) is 6.42 Å². The molecular formula is C17H24INO3S. The Morgan fingerprint density at radius 3 is 2.39 bits per heavy atom. The highest BCUT2D eigenvalue weighted by molar-refractivity contribution is 14.1. The number of aryl methyl sites for hydroxylation is 1. The Hall–Kier alpha value is -0.600. The third-order valence-corrected chi connectivity index (χ3v) is 6.71. The van der Waals surface area contributed by atoms with E-state index in [-0.39, 0.29) is 16.9 Å². The van der Waals surface area contributed by atoms with E-state index in [4.69, 9.17) is 4.84 Å². The molecule has 0 saturated heterocycles. The van der Waals surface area contributed by atoms with E-state index in [1.807, 2.05) is 32.9 Å². The zero-order chi connectivity index (χ0) is 17.2. The van der Waals surface area contributed by atoms with Crippen LogP contribution in [0.15, 0.2) is 38.4 Å². The lowest BCUT2D eigenvalue weighted by Gasteiger charge is -2.22. The van der Waals surface area contributed by atoms with E-state index in [2.05, 4.69) is 29.5 Å². The lowest BCUT2D eigenvalue weighted by molar-refractivity contribution is -0.0854. The van der Waals surface area contributed by atoms with Crippen molar-refractivity contribution in [2.45, 2.75) is 58.0 Å². The summed E-state index contributed by atoms with van der Waals surface area (Å²) in [5.41, 5.74) is 1.81. The molecule has 1 heterocycles. The number of hydrogen-bond donors (Lipinski definition) is 0. The van der Waals surface area contributed by atoms with Gasteiger partial charge in [0, 0.05) is 3.58 Å². The molecule has 0 fully saturated rings. The van der Waals surface area contributed by atoms with Crippen molar-refractivity contribution >= 4 is 32.6 Å². The lowest BCUT2D eigenvalue weighted by atomic mass is 10.1. The van der Waals surface area contributed by atoms with Gasteiger partial charge in [0.1, 0.15) is 6.10 Å². The molecule has 1 aliphatic heterocycles. The number of hydroxylamine groups is 1. The quantitative estimate of drug-likeness (QED) is 0.587. The van der Waals surface area contributed by atoms with Crippen LogP contribution in [-0.2, 0) is 14.9 Å². The second kappa shape index (κ2) is 7.53. The molecule has 0 amide bonds. The average molecular weight is 449 g/mol. The molecule has 0 aromatic heterocycles. The van der Waals surface area contributed by atoms with Gasteiger partial charge < -0.3 is 0 Å². The molecule has 1 unspecified atom stereocenters. The molecule has 0 radical (unpaired) electrons.